The summed E-state index contributed by atoms with van der Waals surface area (Å²) < 4.78 is 0.773. The topological polar surface area (TPSA) is 78.6 Å². The lowest BCUT2D eigenvalue weighted by Crippen LogP contribution is -2.35. The summed E-state index contributed by atoms with van der Waals surface area (Å²) in [5.41, 5.74) is 6.44. The number of benzene rings is 1. The maximum Gasteiger partial charge on any atom is 0.238 e. The molecule has 5 nitrogen and oxygen atoms in total. The van der Waals surface area contributed by atoms with Gasteiger partial charge in [-0.1, -0.05) is 0 Å². The summed E-state index contributed by atoms with van der Waals surface area (Å²) in [5, 5.41) is 12.9. The van der Waals surface area contributed by atoms with E-state index in [1.54, 1.807) is 18.2 Å². The molecule has 1 unspecified atom stereocenters. The maximum absolute atomic E-state index is 12.1. The zero-order chi connectivity index (χ0) is 15.5. The molecule has 2 rings (SSSR count). The smallest absolute Gasteiger partial charge is 0.238 e. The Hall–Kier alpha value is -1.11. The highest BCUT2D eigenvalue weighted by Crippen LogP contribution is 2.25. The second kappa shape index (κ2) is 6.77. The van der Waals surface area contributed by atoms with Gasteiger partial charge in [0.2, 0.25) is 5.91 Å². The molecule has 1 amide bonds. The second-order valence-corrected chi connectivity index (χ2v) is 6.77. The molecule has 0 spiro atoms. The molecule has 0 radical (unpaired) electrons. The monoisotopic (exact) mass is 355 g/mol. The van der Waals surface area contributed by atoms with Crippen LogP contribution in [0.3, 0.4) is 0 Å². The van der Waals surface area contributed by atoms with E-state index in [1.807, 2.05) is 6.92 Å². The number of carbonyl (C=O) groups excluding carboxylic acids is 1. The number of amides is 1. The lowest BCUT2D eigenvalue weighted by atomic mass is 9.98. The molecule has 116 valence electrons. The minimum atomic E-state index is -0.606. The number of nitrogen functional groups attached to an aromatic ring is 1. The molecule has 6 heteroatoms. The number of hydrogen-bond donors (Lipinski definition) is 3. The Kier molecular flexibility index (Phi) is 5.24. The minimum absolute atomic E-state index is 0.0537. The van der Waals surface area contributed by atoms with Crippen molar-refractivity contribution in [1.82, 2.24) is 4.90 Å². The first-order valence-corrected chi connectivity index (χ1v) is 7.95. The third kappa shape index (κ3) is 4.98. The first-order chi connectivity index (χ1) is 9.85. The van der Waals surface area contributed by atoms with Crippen LogP contribution in [0.1, 0.15) is 26.2 Å². The Labute approximate surface area is 133 Å². The summed E-state index contributed by atoms with van der Waals surface area (Å²) in [6.45, 7) is 3.78. The number of anilines is 2. The first kappa shape index (κ1) is 16.3. The Morgan fingerprint density at radius 3 is 2.95 bits per heavy atom. The van der Waals surface area contributed by atoms with Crippen molar-refractivity contribution >= 4 is 33.2 Å². The number of halogens is 1. The van der Waals surface area contributed by atoms with E-state index in [2.05, 4.69) is 26.1 Å². The van der Waals surface area contributed by atoms with Gasteiger partial charge in [0.25, 0.3) is 0 Å². The lowest BCUT2D eigenvalue weighted by molar-refractivity contribution is -0.117. The Bertz CT molecular complexity index is 520. The molecule has 1 aromatic rings. The summed E-state index contributed by atoms with van der Waals surface area (Å²) in [5.74, 6) is -0.0537. The van der Waals surface area contributed by atoms with Gasteiger partial charge in [-0.25, -0.2) is 0 Å². The Balaban J connectivity index is 1.89. The number of nitrogens with zero attached hydrogens (tertiary/aromatic N) is 1. The number of nitrogens with one attached hydrogen (secondary N) is 1. The van der Waals surface area contributed by atoms with E-state index >= 15 is 0 Å². The highest BCUT2D eigenvalue weighted by Gasteiger charge is 2.25. The maximum atomic E-state index is 12.1. The summed E-state index contributed by atoms with van der Waals surface area (Å²) in [6, 6.07) is 5.30. The fraction of sp³-hybridized carbons (Fsp3) is 0.533. The summed E-state index contributed by atoms with van der Waals surface area (Å²) in [6.07, 6.45) is 2.40. The average molecular weight is 356 g/mol. The number of likely N-dealkylation sites (tertiary alicyclic amines) is 1. The number of carbonyl (C=O) groups is 1. The zero-order valence-corrected chi connectivity index (χ0v) is 13.8. The van der Waals surface area contributed by atoms with Crippen LogP contribution < -0.4 is 11.1 Å². The molecule has 1 aromatic carbocycles. The predicted molar refractivity (Wildman–Crippen MR) is 88.1 cm³/mol. The number of rotatable bonds is 3. The SMILES string of the molecule is CC1(O)CCCN(CC(=O)Nc2ccc(N)cc2Br)CC1. The van der Waals surface area contributed by atoms with Gasteiger partial charge >= 0.3 is 0 Å². The van der Waals surface area contributed by atoms with E-state index in [9.17, 15) is 9.90 Å². The van der Waals surface area contributed by atoms with Crippen molar-refractivity contribution in [2.24, 2.45) is 0 Å². The van der Waals surface area contributed by atoms with Crippen LogP contribution in [0.15, 0.2) is 22.7 Å². The van der Waals surface area contributed by atoms with Crippen LogP contribution >= 0.6 is 15.9 Å². The predicted octanol–water partition coefficient (Wildman–Crippen LogP) is 2.21. The van der Waals surface area contributed by atoms with Gasteiger partial charge < -0.3 is 16.2 Å². The molecule has 1 aliphatic heterocycles. The average Bonchev–Trinajstić information content (AvgIpc) is 2.54. The van der Waals surface area contributed by atoms with E-state index < -0.39 is 5.60 Å². The van der Waals surface area contributed by atoms with Crippen molar-refractivity contribution in [3.8, 4) is 0 Å². The first-order valence-electron chi connectivity index (χ1n) is 7.15. The third-order valence-corrected chi connectivity index (χ3v) is 4.45. The van der Waals surface area contributed by atoms with Crippen molar-refractivity contribution in [2.45, 2.75) is 31.8 Å². The van der Waals surface area contributed by atoms with Gasteiger partial charge in [0.15, 0.2) is 0 Å². The summed E-state index contributed by atoms with van der Waals surface area (Å²) in [7, 11) is 0. The normalized spacial score (nSPS) is 23.6. The minimum Gasteiger partial charge on any atom is -0.399 e. The quantitative estimate of drug-likeness (QED) is 0.726. The van der Waals surface area contributed by atoms with Gasteiger partial charge in [-0.05, 0) is 66.9 Å². The van der Waals surface area contributed by atoms with Crippen molar-refractivity contribution in [3.05, 3.63) is 22.7 Å². The van der Waals surface area contributed by atoms with Crippen LogP contribution in [-0.4, -0.2) is 41.1 Å². The van der Waals surface area contributed by atoms with Crippen LogP contribution in [0.25, 0.3) is 0 Å². The highest BCUT2D eigenvalue weighted by atomic mass is 79.9. The molecule has 1 saturated heterocycles. The number of nitrogens with two attached hydrogens (primary N) is 1. The van der Waals surface area contributed by atoms with Gasteiger partial charge in [0, 0.05) is 16.7 Å². The van der Waals surface area contributed by atoms with Gasteiger partial charge in [-0.3, -0.25) is 9.69 Å². The fourth-order valence-electron chi connectivity index (χ4n) is 2.50. The van der Waals surface area contributed by atoms with Crippen LogP contribution in [-0.2, 0) is 4.79 Å². The van der Waals surface area contributed by atoms with Crippen molar-refractivity contribution in [2.75, 3.05) is 30.7 Å². The van der Waals surface area contributed by atoms with Gasteiger partial charge in [0.05, 0.1) is 17.8 Å². The van der Waals surface area contributed by atoms with E-state index in [4.69, 9.17) is 5.73 Å². The second-order valence-electron chi connectivity index (χ2n) is 5.91. The molecule has 0 aromatic heterocycles. The molecule has 21 heavy (non-hydrogen) atoms. The van der Waals surface area contributed by atoms with E-state index in [0.717, 1.165) is 36.1 Å². The van der Waals surface area contributed by atoms with Gasteiger partial charge in [0.1, 0.15) is 0 Å². The van der Waals surface area contributed by atoms with Crippen LogP contribution in [0.5, 0.6) is 0 Å². The molecule has 1 heterocycles. The zero-order valence-electron chi connectivity index (χ0n) is 12.2. The fourth-order valence-corrected chi connectivity index (χ4v) is 3.00. The van der Waals surface area contributed by atoms with E-state index in [1.165, 1.54) is 0 Å². The molecule has 1 atom stereocenters. The molecular formula is C15H22BrN3O2. The van der Waals surface area contributed by atoms with Gasteiger partial charge in [-0.15, -0.1) is 0 Å². The Morgan fingerprint density at radius 2 is 2.24 bits per heavy atom. The number of aliphatic hydroxyl groups is 1. The molecule has 4 N–H and O–H groups in total. The standard InChI is InChI=1S/C15H22BrN3O2/c1-15(21)5-2-7-19(8-6-15)10-14(20)18-13-4-3-11(17)9-12(13)16/h3-4,9,21H,2,5-8,10,17H2,1H3,(H,18,20). The molecule has 0 bridgehead atoms. The molecule has 0 aliphatic carbocycles. The Morgan fingerprint density at radius 1 is 1.48 bits per heavy atom. The van der Waals surface area contributed by atoms with Crippen molar-refractivity contribution in [1.29, 1.82) is 0 Å². The largest absolute Gasteiger partial charge is 0.399 e. The molecule has 1 aliphatic rings. The van der Waals surface area contributed by atoms with Crippen molar-refractivity contribution < 1.29 is 9.90 Å². The van der Waals surface area contributed by atoms with Crippen LogP contribution in [0.4, 0.5) is 11.4 Å². The number of hydrogen-bond acceptors (Lipinski definition) is 4. The molecular weight excluding hydrogens is 334 g/mol. The van der Waals surface area contributed by atoms with Crippen molar-refractivity contribution in [3.63, 3.8) is 0 Å². The van der Waals surface area contributed by atoms with Gasteiger partial charge in [-0.2, -0.15) is 0 Å². The lowest BCUT2D eigenvalue weighted by Gasteiger charge is -2.22. The van der Waals surface area contributed by atoms with Crippen LogP contribution in [0, 0.1) is 0 Å². The van der Waals surface area contributed by atoms with E-state index in [-0.39, 0.29) is 5.91 Å². The molecule has 1 fully saturated rings. The summed E-state index contributed by atoms with van der Waals surface area (Å²) >= 11 is 3.39. The summed E-state index contributed by atoms with van der Waals surface area (Å²) in [4.78, 5) is 14.2. The highest BCUT2D eigenvalue weighted by molar-refractivity contribution is 9.10. The molecule has 0 saturated carbocycles. The third-order valence-electron chi connectivity index (χ3n) is 3.79. The van der Waals surface area contributed by atoms with Crippen LogP contribution in [0.2, 0.25) is 0 Å². The van der Waals surface area contributed by atoms with E-state index in [0.29, 0.717) is 18.7 Å².